The number of hydrogen-bond donors (Lipinski definition) is 1. The van der Waals surface area contributed by atoms with Crippen molar-refractivity contribution >= 4 is 11.8 Å². The molecule has 20 heavy (non-hydrogen) atoms. The minimum Gasteiger partial charge on any atom is -0.493 e. The van der Waals surface area contributed by atoms with Gasteiger partial charge < -0.3 is 19.5 Å². The summed E-state index contributed by atoms with van der Waals surface area (Å²) in [4.78, 5) is 0. The van der Waals surface area contributed by atoms with Crippen molar-refractivity contribution in [2.75, 3.05) is 39.9 Å². The van der Waals surface area contributed by atoms with Gasteiger partial charge in [-0.1, -0.05) is 13.0 Å². The lowest BCUT2D eigenvalue weighted by atomic mass is 10.1. The molecule has 0 amide bonds. The normalized spacial score (nSPS) is 12.1. The Bertz CT molecular complexity index is 412. The Morgan fingerprint density at radius 1 is 1.10 bits per heavy atom. The van der Waals surface area contributed by atoms with Crippen LogP contribution in [0.3, 0.4) is 0 Å². The summed E-state index contributed by atoms with van der Waals surface area (Å²) in [5.41, 5.74) is 1.07. The van der Waals surface area contributed by atoms with E-state index >= 15 is 0 Å². The van der Waals surface area contributed by atoms with E-state index < -0.39 is 0 Å². The van der Waals surface area contributed by atoms with Gasteiger partial charge in [-0.15, -0.1) is 0 Å². The van der Waals surface area contributed by atoms with Crippen molar-refractivity contribution < 1.29 is 14.2 Å². The van der Waals surface area contributed by atoms with Crippen LogP contribution in [0.1, 0.15) is 12.5 Å². The third-order valence-electron chi connectivity index (χ3n) is 3.05. The van der Waals surface area contributed by atoms with E-state index in [-0.39, 0.29) is 0 Å². The summed E-state index contributed by atoms with van der Waals surface area (Å²) >= 11 is 1.87. The molecule has 0 aliphatic rings. The van der Waals surface area contributed by atoms with Crippen LogP contribution in [-0.2, 0) is 6.54 Å². The molecule has 1 atom stereocenters. The molecule has 0 bridgehead atoms. The molecule has 1 aromatic rings. The zero-order valence-electron chi connectivity index (χ0n) is 13.0. The van der Waals surface area contributed by atoms with E-state index in [0.29, 0.717) is 17.4 Å². The molecule has 114 valence electrons. The maximum absolute atomic E-state index is 5.47. The standard InChI is InChI=1S/C15H25NO3S/c1-11(10-20-5)8-16-9-12-6-7-13(17-2)15(19-4)14(12)18-3/h6-7,11,16H,8-10H2,1-5H3. The molecule has 1 N–H and O–H groups in total. The van der Waals surface area contributed by atoms with Gasteiger partial charge >= 0.3 is 0 Å². The Hall–Kier alpha value is -1.07. The highest BCUT2D eigenvalue weighted by atomic mass is 32.2. The van der Waals surface area contributed by atoms with Crippen molar-refractivity contribution in [3.05, 3.63) is 17.7 Å². The van der Waals surface area contributed by atoms with Gasteiger partial charge in [0.15, 0.2) is 11.5 Å². The predicted molar refractivity (Wildman–Crippen MR) is 85.4 cm³/mol. The lowest BCUT2D eigenvalue weighted by Gasteiger charge is -2.17. The van der Waals surface area contributed by atoms with Crippen LogP contribution in [0.5, 0.6) is 17.2 Å². The number of ether oxygens (including phenoxy) is 3. The van der Waals surface area contributed by atoms with E-state index in [1.54, 1.807) is 21.3 Å². The number of benzene rings is 1. The van der Waals surface area contributed by atoms with Crippen molar-refractivity contribution in [1.82, 2.24) is 5.32 Å². The van der Waals surface area contributed by atoms with Gasteiger partial charge in [-0.3, -0.25) is 0 Å². The van der Waals surface area contributed by atoms with Crippen molar-refractivity contribution in [1.29, 1.82) is 0 Å². The molecule has 0 aliphatic carbocycles. The monoisotopic (exact) mass is 299 g/mol. The van der Waals surface area contributed by atoms with Crippen LogP contribution in [0.2, 0.25) is 0 Å². The van der Waals surface area contributed by atoms with Crippen LogP contribution < -0.4 is 19.5 Å². The summed E-state index contributed by atoms with van der Waals surface area (Å²) in [6, 6.07) is 3.91. The zero-order chi connectivity index (χ0) is 15.0. The van der Waals surface area contributed by atoms with Crippen LogP contribution in [0.25, 0.3) is 0 Å². The maximum Gasteiger partial charge on any atom is 0.203 e. The smallest absolute Gasteiger partial charge is 0.203 e. The van der Waals surface area contributed by atoms with Crippen molar-refractivity contribution in [3.63, 3.8) is 0 Å². The Morgan fingerprint density at radius 2 is 1.80 bits per heavy atom. The first-order chi connectivity index (χ1) is 9.67. The second kappa shape index (κ2) is 8.97. The van der Waals surface area contributed by atoms with Gasteiger partial charge in [-0.05, 0) is 30.5 Å². The Kier molecular flexibility index (Phi) is 7.62. The first-order valence-electron chi connectivity index (χ1n) is 6.65. The number of rotatable bonds is 9. The molecule has 0 fully saturated rings. The topological polar surface area (TPSA) is 39.7 Å². The van der Waals surface area contributed by atoms with Gasteiger partial charge in [0, 0.05) is 12.1 Å². The van der Waals surface area contributed by atoms with E-state index in [1.807, 2.05) is 23.9 Å². The molecule has 1 aromatic carbocycles. The predicted octanol–water partition coefficient (Wildman–Crippen LogP) is 2.80. The molecule has 0 saturated heterocycles. The van der Waals surface area contributed by atoms with E-state index in [1.165, 1.54) is 0 Å². The van der Waals surface area contributed by atoms with Crippen LogP contribution in [0.4, 0.5) is 0 Å². The summed E-state index contributed by atoms with van der Waals surface area (Å²) < 4.78 is 16.1. The summed E-state index contributed by atoms with van der Waals surface area (Å²) in [5.74, 6) is 3.87. The number of thioether (sulfide) groups is 1. The number of hydrogen-bond acceptors (Lipinski definition) is 5. The lowest BCUT2D eigenvalue weighted by molar-refractivity contribution is 0.321. The van der Waals surface area contributed by atoms with Crippen molar-refractivity contribution in [2.45, 2.75) is 13.5 Å². The second-order valence-electron chi connectivity index (χ2n) is 4.68. The molecule has 1 unspecified atom stereocenters. The average molecular weight is 299 g/mol. The third kappa shape index (κ3) is 4.49. The van der Waals surface area contributed by atoms with E-state index in [9.17, 15) is 0 Å². The molecule has 0 aromatic heterocycles. The highest BCUT2D eigenvalue weighted by Crippen LogP contribution is 2.39. The maximum atomic E-state index is 5.47. The molecule has 0 radical (unpaired) electrons. The van der Waals surface area contributed by atoms with Gasteiger partial charge in [0.05, 0.1) is 21.3 Å². The molecular formula is C15H25NO3S. The van der Waals surface area contributed by atoms with Gasteiger partial charge in [-0.25, -0.2) is 0 Å². The van der Waals surface area contributed by atoms with Gasteiger partial charge in [0.2, 0.25) is 5.75 Å². The minimum atomic E-state index is 0.645. The molecule has 4 nitrogen and oxygen atoms in total. The van der Waals surface area contributed by atoms with Gasteiger partial charge in [-0.2, -0.15) is 11.8 Å². The Morgan fingerprint density at radius 3 is 2.35 bits per heavy atom. The highest BCUT2D eigenvalue weighted by molar-refractivity contribution is 7.98. The Labute approximate surface area is 126 Å². The first kappa shape index (κ1) is 17.0. The van der Waals surface area contributed by atoms with Crippen molar-refractivity contribution in [2.24, 2.45) is 5.92 Å². The van der Waals surface area contributed by atoms with E-state index in [0.717, 1.165) is 30.2 Å². The summed E-state index contributed by atoms with van der Waals surface area (Å²) in [6.07, 6.45) is 2.13. The quantitative estimate of drug-likeness (QED) is 0.759. The molecule has 0 heterocycles. The molecule has 5 heteroatoms. The SMILES string of the molecule is COc1ccc(CNCC(C)CSC)c(OC)c1OC. The van der Waals surface area contributed by atoms with Crippen LogP contribution in [0.15, 0.2) is 12.1 Å². The highest BCUT2D eigenvalue weighted by Gasteiger charge is 2.15. The fourth-order valence-electron chi connectivity index (χ4n) is 2.10. The molecule has 1 rings (SSSR count). The minimum absolute atomic E-state index is 0.645. The van der Waals surface area contributed by atoms with Crippen LogP contribution >= 0.6 is 11.8 Å². The number of methoxy groups -OCH3 is 3. The lowest BCUT2D eigenvalue weighted by Crippen LogP contribution is -2.22. The summed E-state index contributed by atoms with van der Waals surface area (Å²) in [6.45, 7) is 3.98. The van der Waals surface area contributed by atoms with E-state index in [2.05, 4.69) is 18.5 Å². The molecule has 0 spiro atoms. The fraction of sp³-hybridized carbons (Fsp3) is 0.600. The first-order valence-corrected chi connectivity index (χ1v) is 8.04. The molecular weight excluding hydrogens is 274 g/mol. The number of nitrogens with one attached hydrogen (secondary N) is 1. The third-order valence-corrected chi connectivity index (χ3v) is 3.95. The largest absolute Gasteiger partial charge is 0.493 e. The zero-order valence-corrected chi connectivity index (χ0v) is 13.8. The molecule has 0 aliphatic heterocycles. The Balaban J connectivity index is 2.75. The second-order valence-corrected chi connectivity index (χ2v) is 5.60. The summed E-state index contributed by atoms with van der Waals surface area (Å²) in [5, 5.41) is 3.46. The fourth-order valence-corrected chi connectivity index (χ4v) is 2.79. The van der Waals surface area contributed by atoms with Crippen molar-refractivity contribution in [3.8, 4) is 17.2 Å². The van der Waals surface area contributed by atoms with E-state index in [4.69, 9.17) is 14.2 Å². The van der Waals surface area contributed by atoms with Gasteiger partial charge in [0.1, 0.15) is 0 Å². The van der Waals surface area contributed by atoms with Crippen LogP contribution in [-0.4, -0.2) is 39.9 Å². The van der Waals surface area contributed by atoms with Gasteiger partial charge in [0.25, 0.3) is 0 Å². The molecule has 0 saturated carbocycles. The average Bonchev–Trinajstić information content (AvgIpc) is 2.46. The van der Waals surface area contributed by atoms with Crippen LogP contribution in [0, 0.1) is 5.92 Å². The summed E-state index contributed by atoms with van der Waals surface area (Å²) in [7, 11) is 4.90.